The summed E-state index contributed by atoms with van der Waals surface area (Å²) in [6.07, 6.45) is 2.75. The van der Waals surface area contributed by atoms with Crippen molar-refractivity contribution in [1.29, 1.82) is 0 Å². The number of nitrogens with zero attached hydrogens (tertiary/aromatic N) is 1. The first kappa shape index (κ1) is 10.8. The second-order valence-corrected chi connectivity index (χ2v) is 6.65. The summed E-state index contributed by atoms with van der Waals surface area (Å²) in [5, 5.41) is 5.22. The maximum absolute atomic E-state index is 3.59. The van der Waals surface area contributed by atoms with E-state index in [4.69, 9.17) is 0 Å². The molecule has 2 fully saturated rings. The summed E-state index contributed by atoms with van der Waals surface area (Å²) in [4.78, 5) is 2.65. The highest BCUT2D eigenvalue weighted by atomic mass is 32.2. The van der Waals surface area contributed by atoms with Gasteiger partial charge in [0.2, 0.25) is 0 Å². The van der Waals surface area contributed by atoms with Gasteiger partial charge in [-0.1, -0.05) is 13.8 Å². The lowest BCUT2D eigenvalue weighted by atomic mass is 10.2. The predicted octanol–water partition coefficient (Wildman–Crippen LogP) is 1.56. The SMILES string of the molecule is CC1CN(C[C@@H]2CCCN2)CC(C)S1. The van der Waals surface area contributed by atoms with Crippen molar-refractivity contribution in [2.75, 3.05) is 26.2 Å². The summed E-state index contributed by atoms with van der Waals surface area (Å²) < 4.78 is 0. The largest absolute Gasteiger partial charge is 0.313 e. The van der Waals surface area contributed by atoms with Crippen LogP contribution in [0.3, 0.4) is 0 Å². The Morgan fingerprint density at radius 2 is 2.00 bits per heavy atom. The molecular formula is C11H22N2S. The molecule has 14 heavy (non-hydrogen) atoms. The molecule has 0 aromatic carbocycles. The normalized spacial score (nSPS) is 40.3. The highest BCUT2D eigenvalue weighted by Gasteiger charge is 2.25. The topological polar surface area (TPSA) is 15.3 Å². The molecule has 2 rings (SSSR count). The lowest BCUT2D eigenvalue weighted by Crippen LogP contribution is -2.46. The molecule has 0 aliphatic carbocycles. The van der Waals surface area contributed by atoms with E-state index in [2.05, 4.69) is 35.8 Å². The fourth-order valence-electron chi connectivity index (χ4n) is 2.66. The summed E-state index contributed by atoms with van der Waals surface area (Å²) in [5.41, 5.74) is 0. The van der Waals surface area contributed by atoms with Crippen LogP contribution in [0.5, 0.6) is 0 Å². The average molecular weight is 214 g/mol. The average Bonchev–Trinajstić information content (AvgIpc) is 2.54. The van der Waals surface area contributed by atoms with E-state index >= 15 is 0 Å². The maximum Gasteiger partial charge on any atom is 0.0195 e. The first-order chi connectivity index (χ1) is 6.74. The van der Waals surface area contributed by atoms with E-state index in [1.54, 1.807) is 0 Å². The molecule has 0 amide bonds. The van der Waals surface area contributed by atoms with Gasteiger partial charge in [-0.3, -0.25) is 4.90 Å². The van der Waals surface area contributed by atoms with Gasteiger partial charge in [0.05, 0.1) is 0 Å². The van der Waals surface area contributed by atoms with Crippen molar-refractivity contribution in [2.24, 2.45) is 0 Å². The molecule has 0 aromatic heterocycles. The minimum Gasteiger partial charge on any atom is -0.313 e. The van der Waals surface area contributed by atoms with E-state index in [0.29, 0.717) is 0 Å². The molecule has 2 saturated heterocycles. The third kappa shape index (κ3) is 2.88. The third-order valence-corrected chi connectivity index (χ3v) is 4.36. The highest BCUT2D eigenvalue weighted by Crippen LogP contribution is 2.25. The molecule has 0 spiro atoms. The molecule has 2 heterocycles. The Morgan fingerprint density at radius 1 is 1.29 bits per heavy atom. The van der Waals surface area contributed by atoms with Crippen LogP contribution in [0.4, 0.5) is 0 Å². The van der Waals surface area contributed by atoms with Gasteiger partial charge in [-0.05, 0) is 19.4 Å². The van der Waals surface area contributed by atoms with Crippen LogP contribution >= 0.6 is 11.8 Å². The quantitative estimate of drug-likeness (QED) is 0.751. The molecular weight excluding hydrogens is 192 g/mol. The summed E-state index contributed by atoms with van der Waals surface area (Å²) in [6.45, 7) is 9.79. The van der Waals surface area contributed by atoms with Crippen molar-refractivity contribution in [3.8, 4) is 0 Å². The highest BCUT2D eigenvalue weighted by molar-refractivity contribution is 8.00. The molecule has 2 aliphatic rings. The van der Waals surface area contributed by atoms with Gasteiger partial charge in [-0.25, -0.2) is 0 Å². The van der Waals surface area contributed by atoms with Gasteiger partial charge < -0.3 is 5.32 Å². The fourth-order valence-corrected chi connectivity index (χ4v) is 4.04. The number of rotatable bonds is 2. The van der Waals surface area contributed by atoms with Gasteiger partial charge in [-0.15, -0.1) is 0 Å². The standard InChI is InChI=1S/C11H22N2S/c1-9-6-13(7-10(2)14-9)8-11-4-3-5-12-11/h9-12H,3-8H2,1-2H3/t9?,10?,11-/m0/s1. The zero-order valence-electron chi connectivity index (χ0n) is 9.33. The Bertz CT molecular complexity index is 170. The monoisotopic (exact) mass is 214 g/mol. The molecule has 3 heteroatoms. The van der Waals surface area contributed by atoms with Gasteiger partial charge in [0, 0.05) is 36.2 Å². The zero-order chi connectivity index (χ0) is 9.97. The lowest BCUT2D eigenvalue weighted by molar-refractivity contribution is 0.247. The molecule has 2 unspecified atom stereocenters. The lowest BCUT2D eigenvalue weighted by Gasteiger charge is -2.35. The predicted molar refractivity (Wildman–Crippen MR) is 64.0 cm³/mol. The molecule has 2 aliphatic heterocycles. The zero-order valence-corrected chi connectivity index (χ0v) is 10.1. The minimum atomic E-state index is 0.775. The van der Waals surface area contributed by atoms with E-state index in [1.165, 1.54) is 39.0 Å². The molecule has 3 atom stereocenters. The van der Waals surface area contributed by atoms with Crippen molar-refractivity contribution in [2.45, 2.75) is 43.2 Å². The van der Waals surface area contributed by atoms with Crippen molar-refractivity contribution in [3.05, 3.63) is 0 Å². The van der Waals surface area contributed by atoms with Gasteiger partial charge in [0.25, 0.3) is 0 Å². The second kappa shape index (κ2) is 4.86. The Balaban J connectivity index is 1.78. The Hall–Kier alpha value is 0.270. The molecule has 1 N–H and O–H groups in total. The van der Waals surface area contributed by atoms with E-state index in [-0.39, 0.29) is 0 Å². The van der Waals surface area contributed by atoms with Crippen LogP contribution in [0, 0.1) is 0 Å². The molecule has 0 bridgehead atoms. The first-order valence-corrected chi connectivity index (χ1v) is 6.79. The maximum atomic E-state index is 3.59. The van der Waals surface area contributed by atoms with Crippen molar-refractivity contribution in [1.82, 2.24) is 10.2 Å². The summed E-state index contributed by atoms with van der Waals surface area (Å²) >= 11 is 2.14. The molecule has 0 radical (unpaired) electrons. The van der Waals surface area contributed by atoms with Gasteiger partial charge in [0.15, 0.2) is 0 Å². The Labute approximate surface area is 91.8 Å². The number of hydrogen-bond acceptors (Lipinski definition) is 3. The fraction of sp³-hybridized carbons (Fsp3) is 1.00. The second-order valence-electron chi connectivity index (χ2n) is 4.77. The summed E-state index contributed by atoms with van der Waals surface area (Å²) in [7, 11) is 0. The first-order valence-electron chi connectivity index (χ1n) is 5.85. The molecule has 0 aromatic rings. The van der Waals surface area contributed by atoms with Crippen molar-refractivity contribution < 1.29 is 0 Å². The van der Waals surface area contributed by atoms with Crippen LogP contribution < -0.4 is 5.32 Å². The van der Waals surface area contributed by atoms with Crippen LogP contribution in [0.1, 0.15) is 26.7 Å². The summed E-state index contributed by atoms with van der Waals surface area (Å²) in [5.74, 6) is 0. The molecule has 82 valence electrons. The Kier molecular flexibility index (Phi) is 3.74. The Morgan fingerprint density at radius 3 is 2.57 bits per heavy atom. The van der Waals surface area contributed by atoms with E-state index in [9.17, 15) is 0 Å². The van der Waals surface area contributed by atoms with Crippen LogP contribution in [-0.4, -0.2) is 47.6 Å². The van der Waals surface area contributed by atoms with Crippen molar-refractivity contribution >= 4 is 11.8 Å². The van der Waals surface area contributed by atoms with E-state index in [0.717, 1.165) is 16.5 Å². The van der Waals surface area contributed by atoms with Gasteiger partial charge in [-0.2, -0.15) is 11.8 Å². The van der Waals surface area contributed by atoms with Crippen LogP contribution in [0.25, 0.3) is 0 Å². The van der Waals surface area contributed by atoms with Gasteiger partial charge >= 0.3 is 0 Å². The number of thioether (sulfide) groups is 1. The number of hydrogen-bond donors (Lipinski definition) is 1. The van der Waals surface area contributed by atoms with Gasteiger partial charge in [0.1, 0.15) is 0 Å². The molecule has 0 saturated carbocycles. The summed E-state index contributed by atoms with van der Waals surface area (Å²) in [6, 6.07) is 0.775. The van der Waals surface area contributed by atoms with E-state index < -0.39 is 0 Å². The molecule has 2 nitrogen and oxygen atoms in total. The smallest absolute Gasteiger partial charge is 0.0195 e. The minimum absolute atomic E-state index is 0.775. The van der Waals surface area contributed by atoms with E-state index in [1.807, 2.05) is 0 Å². The number of nitrogens with one attached hydrogen (secondary N) is 1. The van der Waals surface area contributed by atoms with Crippen molar-refractivity contribution in [3.63, 3.8) is 0 Å². The van der Waals surface area contributed by atoms with Crippen LogP contribution in [-0.2, 0) is 0 Å². The van der Waals surface area contributed by atoms with Crippen LogP contribution in [0.15, 0.2) is 0 Å². The van der Waals surface area contributed by atoms with Crippen LogP contribution in [0.2, 0.25) is 0 Å². The third-order valence-electron chi connectivity index (χ3n) is 3.14.